The van der Waals surface area contributed by atoms with Gasteiger partial charge in [-0.1, -0.05) is 20.3 Å². The van der Waals surface area contributed by atoms with Crippen LogP contribution in [0, 0.1) is 5.82 Å². The fraction of sp³-hybridized carbons (Fsp3) is 0.571. The zero-order valence-electron chi connectivity index (χ0n) is 10.8. The second-order valence-electron chi connectivity index (χ2n) is 4.49. The molecule has 0 aliphatic carbocycles. The van der Waals surface area contributed by atoms with Gasteiger partial charge in [-0.25, -0.2) is 4.39 Å². The third-order valence-electron chi connectivity index (χ3n) is 3.07. The smallest absolute Gasteiger partial charge is 0.123 e. The summed E-state index contributed by atoms with van der Waals surface area (Å²) in [4.78, 5) is 0. The summed E-state index contributed by atoms with van der Waals surface area (Å²) in [6.45, 7) is 6.23. The minimum atomic E-state index is -0.310. The fourth-order valence-corrected chi connectivity index (χ4v) is 2.07. The molecule has 0 aromatic heterocycles. The molecule has 3 heteroatoms. The van der Waals surface area contributed by atoms with Gasteiger partial charge < -0.3 is 10.4 Å². The summed E-state index contributed by atoms with van der Waals surface area (Å²) >= 11 is 0. The second kappa shape index (κ2) is 6.60. The monoisotopic (exact) mass is 239 g/mol. The predicted octanol–water partition coefficient (Wildman–Crippen LogP) is 3.76. The predicted molar refractivity (Wildman–Crippen MR) is 68.6 cm³/mol. The van der Waals surface area contributed by atoms with Crippen molar-refractivity contribution in [2.75, 3.05) is 0 Å². The first-order valence-corrected chi connectivity index (χ1v) is 6.32. The standard InChI is InChI=1S/C14H22FNO/c1-4-6-12(5-2)16-10(3)13-9-11(15)7-8-14(13)17/h7-10,12,16-17H,4-6H2,1-3H3. The van der Waals surface area contributed by atoms with Crippen molar-refractivity contribution in [2.45, 2.75) is 52.1 Å². The molecular formula is C14H22FNO. The van der Waals surface area contributed by atoms with E-state index in [1.54, 1.807) is 0 Å². The Hall–Kier alpha value is -1.09. The Balaban J connectivity index is 2.74. The Morgan fingerprint density at radius 1 is 1.35 bits per heavy atom. The number of halogens is 1. The number of phenolic OH excluding ortho intramolecular Hbond substituents is 1. The van der Waals surface area contributed by atoms with Gasteiger partial charge in [0.1, 0.15) is 11.6 Å². The molecule has 0 aliphatic heterocycles. The summed E-state index contributed by atoms with van der Waals surface area (Å²) in [7, 11) is 0. The SMILES string of the molecule is CCCC(CC)NC(C)c1cc(F)ccc1O. The van der Waals surface area contributed by atoms with Crippen molar-refractivity contribution in [3.8, 4) is 5.75 Å². The quantitative estimate of drug-likeness (QED) is 0.792. The molecule has 0 spiro atoms. The van der Waals surface area contributed by atoms with Crippen LogP contribution in [0.15, 0.2) is 18.2 Å². The van der Waals surface area contributed by atoms with Crippen molar-refractivity contribution < 1.29 is 9.50 Å². The molecule has 96 valence electrons. The van der Waals surface area contributed by atoms with E-state index in [-0.39, 0.29) is 17.6 Å². The van der Waals surface area contributed by atoms with Crippen LogP contribution in [0.4, 0.5) is 4.39 Å². The van der Waals surface area contributed by atoms with Crippen LogP contribution in [0.5, 0.6) is 5.75 Å². The summed E-state index contributed by atoms with van der Waals surface area (Å²) < 4.78 is 13.1. The lowest BCUT2D eigenvalue weighted by Crippen LogP contribution is -2.30. The summed E-state index contributed by atoms with van der Waals surface area (Å²) in [6.07, 6.45) is 3.25. The van der Waals surface area contributed by atoms with Crippen LogP contribution in [0.1, 0.15) is 51.6 Å². The molecule has 1 rings (SSSR count). The van der Waals surface area contributed by atoms with Gasteiger partial charge in [0.15, 0.2) is 0 Å². The lowest BCUT2D eigenvalue weighted by molar-refractivity contribution is 0.399. The highest BCUT2D eigenvalue weighted by atomic mass is 19.1. The summed E-state index contributed by atoms with van der Waals surface area (Å²) in [5, 5.41) is 13.1. The van der Waals surface area contributed by atoms with E-state index in [4.69, 9.17) is 0 Å². The number of hydrogen-bond donors (Lipinski definition) is 2. The molecule has 17 heavy (non-hydrogen) atoms. The Kier molecular flexibility index (Phi) is 5.42. The number of phenols is 1. The van der Waals surface area contributed by atoms with Crippen LogP contribution in [0.3, 0.4) is 0 Å². The molecule has 1 aromatic rings. The molecule has 0 fully saturated rings. The van der Waals surface area contributed by atoms with Gasteiger partial charge in [0, 0.05) is 17.6 Å². The first-order valence-electron chi connectivity index (χ1n) is 6.32. The molecule has 0 amide bonds. The van der Waals surface area contributed by atoms with Crippen molar-refractivity contribution in [3.63, 3.8) is 0 Å². The van der Waals surface area contributed by atoms with Crippen LogP contribution >= 0.6 is 0 Å². The molecule has 0 saturated heterocycles. The maximum atomic E-state index is 13.1. The molecule has 0 bridgehead atoms. The zero-order chi connectivity index (χ0) is 12.8. The average molecular weight is 239 g/mol. The van der Waals surface area contributed by atoms with Gasteiger partial charge in [0.05, 0.1) is 0 Å². The van der Waals surface area contributed by atoms with Crippen molar-refractivity contribution in [1.82, 2.24) is 5.32 Å². The maximum Gasteiger partial charge on any atom is 0.123 e. The molecule has 2 nitrogen and oxygen atoms in total. The second-order valence-corrected chi connectivity index (χ2v) is 4.49. The topological polar surface area (TPSA) is 32.3 Å². The number of aromatic hydroxyl groups is 1. The molecule has 2 unspecified atom stereocenters. The van der Waals surface area contributed by atoms with Crippen molar-refractivity contribution >= 4 is 0 Å². The van der Waals surface area contributed by atoms with Gasteiger partial charge in [-0.05, 0) is 38.0 Å². The Morgan fingerprint density at radius 3 is 2.65 bits per heavy atom. The first-order chi connectivity index (χ1) is 8.08. The number of benzene rings is 1. The molecule has 0 saturated carbocycles. The van der Waals surface area contributed by atoms with Crippen LogP contribution in [0.2, 0.25) is 0 Å². The van der Waals surface area contributed by atoms with Gasteiger partial charge in [-0.3, -0.25) is 0 Å². The lowest BCUT2D eigenvalue weighted by Gasteiger charge is -2.22. The number of rotatable bonds is 6. The summed E-state index contributed by atoms with van der Waals surface area (Å²) in [5.74, 6) is -0.159. The van der Waals surface area contributed by atoms with E-state index < -0.39 is 0 Å². The van der Waals surface area contributed by atoms with E-state index in [1.165, 1.54) is 18.2 Å². The number of hydrogen-bond acceptors (Lipinski definition) is 2. The fourth-order valence-electron chi connectivity index (χ4n) is 2.07. The minimum absolute atomic E-state index is 0.0396. The van der Waals surface area contributed by atoms with Crippen LogP contribution in [0.25, 0.3) is 0 Å². The van der Waals surface area contributed by atoms with Gasteiger partial charge >= 0.3 is 0 Å². The Labute approximate surface area is 103 Å². The largest absolute Gasteiger partial charge is 0.508 e. The van der Waals surface area contributed by atoms with E-state index in [9.17, 15) is 9.50 Å². The third-order valence-corrected chi connectivity index (χ3v) is 3.07. The summed E-state index contributed by atoms with van der Waals surface area (Å²) in [5.41, 5.74) is 0.625. The Morgan fingerprint density at radius 2 is 2.06 bits per heavy atom. The van der Waals surface area contributed by atoms with Crippen LogP contribution in [-0.2, 0) is 0 Å². The van der Waals surface area contributed by atoms with E-state index in [0.717, 1.165) is 19.3 Å². The molecule has 0 radical (unpaired) electrons. The summed E-state index contributed by atoms with van der Waals surface area (Å²) in [6, 6.07) is 4.45. The third kappa shape index (κ3) is 4.00. The molecule has 2 atom stereocenters. The van der Waals surface area contributed by atoms with Gasteiger partial charge in [-0.2, -0.15) is 0 Å². The van der Waals surface area contributed by atoms with E-state index in [2.05, 4.69) is 19.2 Å². The zero-order valence-corrected chi connectivity index (χ0v) is 10.8. The van der Waals surface area contributed by atoms with Crippen molar-refractivity contribution in [2.24, 2.45) is 0 Å². The minimum Gasteiger partial charge on any atom is -0.508 e. The van der Waals surface area contributed by atoms with E-state index in [1.807, 2.05) is 6.92 Å². The highest BCUT2D eigenvalue weighted by Gasteiger charge is 2.14. The Bertz CT molecular complexity index is 354. The van der Waals surface area contributed by atoms with E-state index in [0.29, 0.717) is 11.6 Å². The normalized spacial score (nSPS) is 14.6. The molecule has 0 aliphatic rings. The lowest BCUT2D eigenvalue weighted by atomic mass is 10.0. The highest BCUT2D eigenvalue weighted by Crippen LogP contribution is 2.25. The van der Waals surface area contributed by atoms with Crippen LogP contribution < -0.4 is 5.32 Å². The molecule has 0 heterocycles. The highest BCUT2D eigenvalue weighted by molar-refractivity contribution is 5.34. The van der Waals surface area contributed by atoms with Crippen LogP contribution in [-0.4, -0.2) is 11.1 Å². The van der Waals surface area contributed by atoms with Gasteiger partial charge in [0.2, 0.25) is 0 Å². The van der Waals surface area contributed by atoms with E-state index >= 15 is 0 Å². The molecular weight excluding hydrogens is 217 g/mol. The van der Waals surface area contributed by atoms with Gasteiger partial charge in [-0.15, -0.1) is 0 Å². The first kappa shape index (κ1) is 14.0. The van der Waals surface area contributed by atoms with Crippen molar-refractivity contribution in [1.29, 1.82) is 0 Å². The number of nitrogens with one attached hydrogen (secondary N) is 1. The van der Waals surface area contributed by atoms with Crippen molar-refractivity contribution in [3.05, 3.63) is 29.6 Å². The molecule has 1 aromatic carbocycles. The average Bonchev–Trinajstić information content (AvgIpc) is 2.31. The van der Waals surface area contributed by atoms with Gasteiger partial charge in [0.25, 0.3) is 0 Å². The molecule has 2 N–H and O–H groups in total. The maximum absolute atomic E-state index is 13.1.